The van der Waals surface area contributed by atoms with E-state index in [4.69, 9.17) is 4.74 Å². The van der Waals surface area contributed by atoms with Gasteiger partial charge in [0.15, 0.2) is 0 Å². The van der Waals surface area contributed by atoms with Gasteiger partial charge in [-0.3, -0.25) is 14.5 Å². The Hall–Kier alpha value is -2.62. The van der Waals surface area contributed by atoms with Crippen LogP contribution in [0.5, 0.6) is 5.75 Å². The molecular weight excluding hydrogens is 266 g/mol. The number of carbonyl (C=O) groups excluding carboxylic acids is 2. The topological polar surface area (TPSA) is 46.6 Å². The summed E-state index contributed by atoms with van der Waals surface area (Å²) in [6, 6.07) is 14.0. The average molecular weight is 281 g/mol. The number of methoxy groups -OCH3 is 1. The van der Waals surface area contributed by atoms with Crippen LogP contribution in [-0.4, -0.2) is 23.8 Å². The Morgan fingerprint density at radius 3 is 2.14 bits per heavy atom. The molecule has 21 heavy (non-hydrogen) atoms. The predicted molar refractivity (Wildman–Crippen MR) is 78.4 cm³/mol. The monoisotopic (exact) mass is 281 g/mol. The molecule has 1 heterocycles. The molecule has 1 aliphatic heterocycles. The lowest BCUT2D eigenvalue weighted by Gasteiger charge is -2.23. The summed E-state index contributed by atoms with van der Waals surface area (Å²) in [5.74, 6) is 0.216. The Balaban J connectivity index is 1.98. The van der Waals surface area contributed by atoms with Crippen LogP contribution in [-0.2, 0) is 0 Å². The summed E-state index contributed by atoms with van der Waals surface area (Å²) in [6.07, 6.45) is 0. The summed E-state index contributed by atoms with van der Waals surface area (Å²) in [5, 5.41) is 0. The molecule has 1 atom stereocenters. The molecule has 0 radical (unpaired) electrons. The molecule has 3 rings (SSSR count). The van der Waals surface area contributed by atoms with Crippen LogP contribution in [0.4, 0.5) is 0 Å². The Kier molecular flexibility index (Phi) is 3.22. The molecule has 0 unspecified atom stereocenters. The molecule has 2 aromatic rings. The van der Waals surface area contributed by atoms with Crippen molar-refractivity contribution in [2.24, 2.45) is 0 Å². The maximum atomic E-state index is 12.5. The van der Waals surface area contributed by atoms with Crippen LogP contribution in [0.2, 0.25) is 0 Å². The fourth-order valence-corrected chi connectivity index (χ4v) is 2.61. The highest BCUT2D eigenvalue weighted by molar-refractivity contribution is 6.21. The summed E-state index contributed by atoms with van der Waals surface area (Å²) >= 11 is 0. The van der Waals surface area contributed by atoms with Crippen molar-refractivity contribution in [1.82, 2.24) is 4.90 Å². The van der Waals surface area contributed by atoms with E-state index in [1.54, 1.807) is 31.4 Å². The van der Waals surface area contributed by atoms with Crippen molar-refractivity contribution in [2.45, 2.75) is 13.0 Å². The van der Waals surface area contributed by atoms with Crippen molar-refractivity contribution in [1.29, 1.82) is 0 Å². The van der Waals surface area contributed by atoms with Crippen molar-refractivity contribution < 1.29 is 14.3 Å². The average Bonchev–Trinajstić information content (AvgIpc) is 2.79. The lowest BCUT2D eigenvalue weighted by Crippen LogP contribution is -2.32. The number of fused-ring (bicyclic) bond motifs is 1. The van der Waals surface area contributed by atoms with Gasteiger partial charge in [0.1, 0.15) is 5.75 Å². The molecule has 0 saturated heterocycles. The number of nitrogens with zero attached hydrogens (tertiary/aromatic N) is 1. The summed E-state index contributed by atoms with van der Waals surface area (Å²) in [6.45, 7) is 1.84. The number of benzene rings is 2. The predicted octanol–water partition coefficient (Wildman–Crippen LogP) is 3.05. The van der Waals surface area contributed by atoms with Crippen LogP contribution in [0, 0.1) is 0 Å². The summed E-state index contributed by atoms with van der Waals surface area (Å²) in [5.41, 5.74) is 1.80. The van der Waals surface area contributed by atoms with Gasteiger partial charge in [-0.1, -0.05) is 24.3 Å². The third-order valence-corrected chi connectivity index (χ3v) is 3.79. The fraction of sp³-hybridized carbons (Fsp3) is 0.176. The third kappa shape index (κ3) is 2.09. The molecule has 0 N–H and O–H groups in total. The lowest BCUT2D eigenvalue weighted by atomic mass is 10.1. The SMILES string of the molecule is COc1cccc([C@H](C)N2C(=O)c3ccccc3C2=O)c1. The summed E-state index contributed by atoms with van der Waals surface area (Å²) < 4.78 is 5.19. The maximum Gasteiger partial charge on any atom is 0.262 e. The van der Waals surface area contributed by atoms with Gasteiger partial charge in [-0.25, -0.2) is 0 Å². The second-order valence-electron chi connectivity index (χ2n) is 4.98. The Bertz CT molecular complexity index is 688. The molecule has 0 fully saturated rings. The molecule has 106 valence electrons. The minimum Gasteiger partial charge on any atom is -0.497 e. The first kappa shape index (κ1) is 13.4. The molecule has 0 bridgehead atoms. The van der Waals surface area contributed by atoms with Gasteiger partial charge in [0, 0.05) is 0 Å². The first-order valence-electron chi connectivity index (χ1n) is 6.74. The van der Waals surface area contributed by atoms with Gasteiger partial charge in [0.25, 0.3) is 11.8 Å². The Morgan fingerprint density at radius 2 is 1.57 bits per heavy atom. The number of carbonyl (C=O) groups is 2. The van der Waals surface area contributed by atoms with Gasteiger partial charge >= 0.3 is 0 Å². The van der Waals surface area contributed by atoms with Crippen LogP contribution in [0.25, 0.3) is 0 Å². The zero-order valence-electron chi connectivity index (χ0n) is 11.9. The highest BCUT2D eigenvalue weighted by Crippen LogP contribution is 2.32. The normalized spacial score (nSPS) is 15.0. The number of hydrogen-bond donors (Lipinski definition) is 0. The summed E-state index contributed by atoms with van der Waals surface area (Å²) in [4.78, 5) is 26.2. The van der Waals surface area contributed by atoms with E-state index in [0.29, 0.717) is 16.9 Å². The molecule has 0 aromatic heterocycles. The molecule has 0 aliphatic carbocycles. The number of ether oxygens (including phenoxy) is 1. The quantitative estimate of drug-likeness (QED) is 0.812. The van der Waals surface area contributed by atoms with Crippen LogP contribution in [0.3, 0.4) is 0 Å². The minimum absolute atomic E-state index is 0.245. The van der Waals surface area contributed by atoms with Crippen LogP contribution in [0.1, 0.15) is 39.2 Å². The van der Waals surface area contributed by atoms with Gasteiger partial charge in [-0.05, 0) is 36.8 Å². The van der Waals surface area contributed by atoms with Gasteiger partial charge in [-0.2, -0.15) is 0 Å². The van der Waals surface area contributed by atoms with E-state index in [2.05, 4.69) is 0 Å². The second kappa shape index (κ2) is 5.05. The highest BCUT2D eigenvalue weighted by atomic mass is 16.5. The van der Waals surface area contributed by atoms with E-state index < -0.39 is 0 Å². The Morgan fingerprint density at radius 1 is 0.952 bits per heavy atom. The molecule has 4 nitrogen and oxygen atoms in total. The molecule has 2 aromatic carbocycles. The van der Waals surface area contributed by atoms with Crippen molar-refractivity contribution in [2.75, 3.05) is 7.11 Å². The molecule has 4 heteroatoms. The second-order valence-corrected chi connectivity index (χ2v) is 4.98. The van der Waals surface area contributed by atoms with Gasteiger partial charge in [0.2, 0.25) is 0 Å². The highest BCUT2D eigenvalue weighted by Gasteiger charge is 2.38. The van der Waals surface area contributed by atoms with Gasteiger partial charge in [0.05, 0.1) is 24.3 Å². The van der Waals surface area contributed by atoms with Gasteiger partial charge < -0.3 is 4.74 Å². The molecule has 0 spiro atoms. The van der Waals surface area contributed by atoms with Crippen molar-refractivity contribution >= 4 is 11.8 Å². The number of imide groups is 1. The molecule has 1 aliphatic rings. The number of hydrogen-bond acceptors (Lipinski definition) is 3. The van der Waals surface area contributed by atoms with E-state index in [-0.39, 0.29) is 17.9 Å². The molecule has 0 saturated carbocycles. The smallest absolute Gasteiger partial charge is 0.262 e. The van der Waals surface area contributed by atoms with Crippen LogP contribution < -0.4 is 4.74 Å². The zero-order valence-corrected chi connectivity index (χ0v) is 11.9. The zero-order chi connectivity index (χ0) is 15.0. The summed E-state index contributed by atoms with van der Waals surface area (Å²) in [7, 11) is 1.59. The standard InChI is InChI=1S/C17H15NO3/c1-11(12-6-5-7-13(10-12)21-2)18-16(19)14-8-3-4-9-15(14)17(18)20/h3-11H,1-2H3/t11-/m0/s1. The van der Waals surface area contributed by atoms with Crippen molar-refractivity contribution in [3.8, 4) is 5.75 Å². The third-order valence-electron chi connectivity index (χ3n) is 3.79. The van der Waals surface area contributed by atoms with Crippen LogP contribution >= 0.6 is 0 Å². The van der Waals surface area contributed by atoms with E-state index in [0.717, 1.165) is 5.56 Å². The number of amides is 2. The number of rotatable bonds is 3. The maximum absolute atomic E-state index is 12.5. The first-order valence-corrected chi connectivity index (χ1v) is 6.74. The lowest BCUT2D eigenvalue weighted by molar-refractivity contribution is 0.0595. The van der Waals surface area contributed by atoms with E-state index in [1.807, 2.05) is 31.2 Å². The Labute approximate surface area is 123 Å². The van der Waals surface area contributed by atoms with E-state index in [1.165, 1.54) is 4.90 Å². The minimum atomic E-state index is -0.340. The van der Waals surface area contributed by atoms with Gasteiger partial charge in [-0.15, -0.1) is 0 Å². The van der Waals surface area contributed by atoms with Crippen molar-refractivity contribution in [3.05, 3.63) is 65.2 Å². The van der Waals surface area contributed by atoms with E-state index >= 15 is 0 Å². The van der Waals surface area contributed by atoms with Crippen LogP contribution in [0.15, 0.2) is 48.5 Å². The first-order chi connectivity index (χ1) is 10.1. The van der Waals surface area contributed by atoms with E-state index in [9.17, 15) is 9.59 Å². The largest absolute Gasteiger partial charge is 0.497 e. The fourth-order valence-electron chi connectivity index (χ4n) is 2.61. The molecular formula is C17H15NO3. The van der Waals surface area contributed by atoms with Crippen molar-refractivity contribution in [3.63, 3.8) is 0 Å². The molecule has 2 amide bonds.